The normalized spacial score (nSPS) is 16.1. The third-order valence-electron chi connectivity index (χ3n) is 4.25. The summed E-state index contributed by atoms with van der Waals surface area (Å²) in [7, 11) is 0. The van der Waals surface area contributed by atoms with Crippen LogP contribution in [0.1, 0.15) is 5.56 Å². The maximum Gasteiger partial charge on any atom is 0.0367 e. The van der Waals surface area contributed by atoms with E-state index < -0.39 is 0 Å². The lowest BCUT2D eigenvalue weighted by Gasteiger charge is -2.36. The van der Waals surface area contributed by atoms with E-state index in [4.69, 9.17) is 5.73 Å². The van der Waals surface area contributed by atoms with E-state index in [1.165, 1.54) is 11.3 Å². The van der Waals surface area contributed by atoms with E-state index in [0.717, 1.165) is 44.8 Å². The van der Waals surface area contributed by atoms with Gasteiger partial charge in [-0.15, -0.1) is 0 Å². The van der Waals surface area contributed by atoms with Gasteiger partial charge in [0, 0.05) is 44.1 Å². The van der Waals surface area contributed by atoms with Crippen LogP contribution in [0.25, 0.3) is 0 Å². The third kappa shape index (κ3) is 3.56. The van der Waals surface area contributed by atoms with Gasteiger partial charge in [0.05, 0.1) is 0 Å². The Labute approximate surface area is 127 Å². The highest BCUT2D eigenvalue weighted by Gasteiger charge is 2.16. The van der Waals surface area contributed by atoms with Crippen molar-refractivity contribution in [3.05, 3.63) is 60.2 Å². The van der Waals surface area contributed by atoms with Gasteiger partial charge in [-0.25, -0.2) is 0 Å². The second-order valence-electron chi connectivity index (χ2n) is 5.61. The zero-order chi connectivity index (χ0) is 14.5. The molecule has 1 saturated heterocycles. The molecule has 0 aliphatic carbocycles. The van der Waals surface area contributed by atoms with Gasteiger partial charge in [0.15, 0.2) is 0 Å². The molecule has 3 rings (SSSR count). The van der Waals surface area contributed by atoms with Crippen molar-refractivity contribution in [2.24, 2.45) is 0 Å². The molecule has 1 aliphatic rings. The lowest BCUT2D eigenvalue weighted by Crippen LogP contribution is -2.47. The van der Waals surface area contributed by atoms with E-state index in [-0.39, 0.29) is 0 Å². The average Bonchev–Trinajstić information content (AvgIpc) is 2.55. The van der Waals surface area contributed by atoms with Crippen LogP contribution in [-0.2, 0) is 6.42 Å². The number of hydrogen-bond donors (Lipinski definition) is 1. The topological polar surface area (TPSA) is 32.5 Å². The fourth-order valence-electron chi connectivity index (χ4n) is 2.91. The fourth-order valence-corrected chi connectivity index (χ4v) is 2.91. The molecule has 0 amide bonds. The molecule has 3 nitrogen and oxygen atoms in total. The maximum atomic E-state index is 6.01. The van der Waals surface area contributed by atoms with Crippen LogP contribution in [0, 0.1) is 0 Å². The third-order valence-corrected chi connectivity index (χ3v) is 4.25. The van der Waals surface area contributed by atoms with Gasteiger partial charge in [-0.1, -0.05) is 36.4 Å². The van der Waals surface area contributed by atoms with Crippen LogP contribution < -0.4 is 10.6 Å². The van der Waals surface area contributed by atoms with Gasteiger partial charge in [-0.05, 0) is 30.2 Å². The lowest BCUT2D eigenvalue weighted by molar-refractivity contribution is 0.261. The molecule has 0 spiro atoms. The first kappa shape index (κ1) is 14.0. The van der Waals surface area contributed by atoms with Gasteiger partial charge >= 0.3 is 0 Å². The van der Waals surface area contributed by atoms with Crippen molar-refractivity contribution < 1.29 is 0 Å². The summed E-state index contributed by atoms with van der Waals surface area (Å²) in [5.74, 6) is 0. The molecule has 1 heterocycles. The zero-order valence-electron chi connectivity index (χ0n) is 12.4. The summed E-state index contributed by atoms with van der Waals surface area (Å²) in [5, 5.41) is 0. The molecule has 2 aromatic carbocycles. The van der Waals surface area contributed by atoms with E-state index in [1.54, 1.807) is 0 Å². The largest absolute Gasteiger partial charge is 0.399 e. The standard InChI is InChI=1S/C18H23N3/c19-18-9-5-4-6-16(18)10-11-20-12-14-21(15-13-20)17-7-2-1-3-8-17/h1-9H,10-15,19H2. The van der Waals surface area contributed by atoms with E-state index in [0.29, 0.717) is 0 Å². The molecule has 0 bridgehead atoms. The molecule has 1 aliphatic heterocycles. The van der Waals surface area contributed by atoms with Crippen molar-refractivity contribution in [2.45, 2.75) is 6.42 Å². The number of anilines is 2. The fraction of sp³-hybridized carbons (Fsp3) is 0.333. The van der Waals surface area contributed by atoms with Crippen LogP contribution in [0.15, 0.2) is 54.6 Å². The first-order valence-electron chi connectivity index (χ1n) is 7.69. The maximum absolute atomic E-state index is 6.01. The summed E-state index contributed by atoms with van der Waals surface area (Å²) in [6.07, 6.45) is 1.04. The Morgan fingerprint density at radius 1 is 0.810 bits per heavy atom. The lowest BCUT2D eigenvalue weighted by atomic mass is 10.1. The van der Waals surface area contributed by atoms with Gasteiger partial charge < -0.3 is 10.6 Å². The van der Waals surface area contributed by atoms with Gasteiger partial charge in [0.2, 0.25) is 0 Å². The summed E-state index contributed by atoms with van der Waals surface area (Å²) in [4.78, 5) is 5.00. The van der Waals surface area contributed by atoms with E-state index in [1.807, 2.05) is 12.1 Å². The molecule has 0 atom stereocenters. The van der Waals surface area contributed by atoms with Crippen LogP contribution in [0.4, 0.5) is 11.4 Å². The van der Waals surface area contributed by atoms with E-state index in [9.17, 15) is 0 Å². The Morgan fingerprint density at radius 2 is 1.48 bits per heavy atom. The number of para-hydroxylation sites is 2. The minimum Gasteiger partial charge on any atom is -0.399 e. The van der Waals surface area contributed by atoms with Crippen LogP contribution in [-0.4, -0.2) is 37.6 Å². The molecule has 2 N–H and O–H groups in total. The number of nitrogens with two attached hydrogens (primary N) is 1. The van der Waals surface area contributed by atoms with Crippen molar-refractivity contribution in [2.75, 3.05) is 43.4 Å². The Balaban J connectivity index is 1.49. The summed E-state index contributed by atoms with van der Waals surface area (Å²) >= 11 is 0. The number of hydrogen-bond acceptors (Lipinski definition) is 3. The monoisotopic (exact) mass is 281 g/mol. The molecule has 2 aromatic rings. The number of rotatable bonds is 4. The molecule has 0 radical (unpaired) electrons. The van der Waals surface area contributed by atoms with E-state index >= 15 is 0 Å². The first-order valence-corrected chi connectivity index (χ1v) is 7.69. The highest BCUT2D eigenvalue weighted by Crippen LogP contribution is 2.16. The van der Waals surface area contributed by atoms with Crippen LogP contribution in [0.2, 0.25) is 0 Å². The second kappa shape index (κ2) is 6.64. The Kier molecular flexibility index (Phi) is 4.41. The van der Waals surface area contributed by atoms with Crippen LogP contribution in [0.5, 0.6) is 0 Å². The average molecular weight is 281 g/mol. The number of benzene rings is 2. The predicted octanol–water partition coefficient (Wildman–Crippen LogP) is 2.63. The van der Waals surface area contributed by atoms with Crippen molar-refractivity contribution >= 4 is 11.4 Å². The second-order valence-corrected chi connectivity index (χ2v) is 5.61. The number of piperazine rings is 1. The number of nitrogen functional groups attached to an aromatic ring is 1. The van der Waals surface area contributed by atoms with Crippen molar-refractivity contribution in [3.8, 4) is 0 Å². The smallest absolute Gasteiger partial charge is 0.0367 e. The predicted molar refractivity (Wildman–Crippen MR) is 89.7 cm³/mol. The Bertz CT molecular complexity index is 560. The van der Waals surface area contributed by atoms with Gasteiger partial charge in [0.25, 0.3) is 0 Å². The summed E-state index contributed by atoms with van der Waals surface area (Å²) in [6, 6.07) is 18.9. The quantitative estimate of drug-likeness (QED) is 0.875. The Hall–Kier alpha value is -2.00. The van der Waals surface area contributed by atoms with Crippen LogP contribution >= 0.6 is 0 Å². The molecule has 3 heteroatoms. The van der Waals surface area contributed by atoms with Crippen molar-refractivity contribution in [3.63, 3.8) is 0 Å². The summed E-state index contributed by atoms with van der Waals surface area (Å²) < 4.78 is 0. The van der Waals surface area contributed by atoms with E-state index in [2.05, 4.69) is 52.3 Å². The van der Waals surface area contributed by atoms with Crippen molar-refractivity contribution in [1.29, 1.82) is 0 Å². The highest BCUT2D eigenvalue weighted by molar-refractivity contribution is 5.47. The zero-order valence-corrected chi connectivity index (χ0v) is 12.4. The van der Waals surface area contributed by atoms with Crippen molar-refractivity contribution in [1.82, 2.24) is 4.90 Å². The molecule has 21 heavy (non-hydrogen) atoms. The first-order chi connectivity index (χ1) is 10.3. The molecule has 0 aromatic heterocycles. The number of nitrogens with zero attached hydrogens (tertiary/aromatic N) is 2. The minimum absolute atomic E-state index is 0.917. The van der Waals surface area contributed by atoms with Gasteiger partial charge in [-0.3, -0.25) is 4.90 Å². The molecule has 0 saturated carbocycles. The summed E-state index contributed by atoms with van der Waals surface area (Å²) in [5.41, 5.74) is 9.53. The Morgan fingerprint density at radius 3 is 2.19 bits per heavy atom. The molecular weight excluding hydrogens is 258 g/mol. The SMILES string of the molecule is Nc1ccccc1CCN1CCN(c2ccccc2)CC1. The minimum atomic E-state index is 0.917. The van der Waals surface area contributed by atoms with Gasteiger partial charge in [0.1, 0.15) is 0 Å². The highest BCUT2D eigenvalue weighted by atomic mass is 15.3. The molecule has 110 valence electrons. The van der Waals surface area contributed by atoms with Crippen LogP contribution in [0.3, 0.4) is 0 Å². The van der Waals surface area contributed by atoms with Gasteiger partial charge in [-0.2, -0.15) is 0 Å². The molecule has 1 fully saturated rings. The summed E-state index contributed by atoms with van der Waals surface area (Å²) in [6.45, 7) is 5.56. The molecule has 0 unspecified atom stereocenters. The molecular formula is C18H23N3.